The van der Waals surface area contributed by atoms with E-state index < -0.39 is 6.04 Å². The van der Waals surface area contributed by atoms with Crippen molar-refractivity contribution in [3.8, 4) is 5.75 Å². The number of methoxy groups -OCH3 is 1. The van der Waals surface area contributed by atoms with Gasteiger partial charge in [0.05, 0.1) is 13.7 Å². The largest absolute Gasteiger partial charge is 0.497 e. The Hall–Kier alpha value is -1.55. The van der Waals surface area contributed by atoms with Gasteiger partial charge in [0.25, 0.3) is 0 Å². The van der Waals surface area contributed by atoms with E-state index in [1.165, 1.54) is 0 Å². The van der Waals surface area contributed by atoms with Crippen molar-refractivity contribution in [3.63, 3.8) is 0 Å². The van der Waals surface area contributed by atoms with Crippen LogP contribution in [-0.4, -0.2) is 26.7 Å². The first kappa shape index (κ1) is 12.5. The van der Waals surface area contributed by atoms with Gasteiger partial charge in [0.2, 0.25) is 0 Å². The summed E-state index contributed by atoms with van der Waals surface area (Å²) in [5, 5.41) is 2.92. The van der Waals surface area contributed by atoms with Crippen LogP contribution in [-0.2, 0) is 9.53 Å². The second-order valence-corrected chi connectivity index (χ2v) is 3.25. The second kappa shape index (κ2) is 6.12. The lowest BCUT2D eigenvalue weighted by Crippen LogP contribution is -2.27. The molecular formula is C12H17NO3. The number of esters is 1. The van der Waals surface area contributed by atoms with Gasteiger partial charge in [-0.1, -0.05) is 12.1 Å². The summed E-state index contributed by atoms with van der Waals surface area (Å²) >= 11 is 0. The fourth-order valence-electron chi connectivity index (χ4n) is 1.47. The Morgan fingerprint density at radius 3 is 2.81 bits per heavy atom. The van der Waals surface area contributed by atoms with Crippen LogP contribution >= 0.6 is 0 Å². The molecule has 0 aromatic heterocycles. The highest BCUT2D eigenvalue weighted by Crippen LogP contribution is 2.19. The molecule has 0 fully saturated rings. The zero-order chi connectivity index (χ0) is 12.0. The van der Waals surface area contributed by atoms with E-state index in [0.29, 0.717) is 6.61 Å². The van der Waals surface area contributed by atoms with Crippen LogP contribution in [0.25, 0.3) is 0 Å². The minimum absolute atomic E-state index is 0.279. The Balaban J connectivity index is 2.89. The Morgan fingerprint density at radius 2 is 2.25 bits per heavy atom. The number of carbonyl (C=O) groups is 1. The van der Waals surface area contributed by atoms with Gasteiger partial charge < -0.3 is 14.8 Å². The Morgan fingerprint density at radius 1 is 1.50 bits per heavy atom. The number of rotatable bonds is 5. The molecule has 0 aliphatic carbocycles. The van der Waals surface area contributed by atoms with Gasteiger partial charge in [-0.3, -0.25) is 0 Å². The lowest BCUT2D eigenvalue weighted by Gasteiger charge is -2.15. The molecule has 88 valence electrons. The molecule has 1 rings (SSSR count). The van der Waals surface area contributed by atoms with Crippen LogP contribution in [0.5, 0.6) is 5.75 Å². The molecule has 4 heteroatoms. The van der Waals surface area contributed by atoms with Gasteiger partial charge in [-0.05, 0) is 31.7 Å². The van der Waals surface area contributed by atoms with Crippen LogP contribution in [0.15, 0.2) is 24.3 Å². The van der Waals surface area contributed by atoms with E-state index in [4.69, 9.17) is 9.47 Å². The highest BCUT2D eigenvalue weighted by Gasteiger charge is 2.19. The Bertz CT molecular complexity index is 352. The van der Waals surface area contributed by atoms with Crippen LogP contribution in [0.4, 0.5) is 0 Å². The van der Waals surface area contributed by atoms with E-state index in [1.54, 1.807) is 21.1 Å². The predicted octanol–water partition coefficient (Wildman–Crippen LogP) is 1.52. The van der Waals surface area contributed by atoms with Crippen LogP contribution in [0, 0.1) is 0 Å². The first-order chi connectivity index (χ1) is 7.72. The van der Waals surface area contributed by atoms with Crippen molar-refractivity contribution in [1.82, 2.24) is 5.32 Å². The molecule has 0 aliphatic heterocycles. The highest BCUT2D eigenvalue weighted by molar-refractivity contribution is 5.77. The third kappa shape index (κ3) is 2.97. The number of nitrogens with one attached hydrogen (secondary N) is 1. The van der Waals surface area contributed by atoms with Crippen LogP contribution in [0.2, 0.25) is 0 Å². The number of likely N-dealkylation sites (N-methyl/N-ethyl adjacent to an activating group) is 1. The summed E-state index contributed by atoms with van der Waals surface area (Å²) in [6.45, 7) is 2.16. The molecule has 1 aromatic rings. The molecule has 1 N–H and O–H groups in total. The molecule has 0 aliphatic rings. The quantitative estimate of drug-likeness (QED) is 0.769. The maximum absolute atomic E-state index is 11.6. The molecule has 1 atom stereocenters. The van der Waals surface area contributed by atoms with Gasteiger partial charge >= 0.3 is 5.97 Å². The monoisotopic (exact) mass is 223 g/mol. The average Bonchev–Trinajstić information content (AvgIpc) is 2.31. The standard InChI is InChI=1S/C12H17NO3/c1-4-16-12(14)11(13-2)9-6-5-7-10(8-9)15-3/h5-8,11,13H,4H2,1-3H3. The fourth-order valence-corrected chi connectivity index (χ4v) is 1.47. The minimum atomic E-state index is -0.449. The summed E-state index contributed by atoms with van der Waals surface area (Å²) < 4.78 is 10.1. The fraction of sp³-hybridized carbons (Fsp3) is 0.417. The molecule has 16 heavy (non-hydrogen) atoms. The van der Waals surface area contributed by atoms with E-state index in [0.717, 1.165) is 11.3 Å². The smallest absolute Gasteiger partial charge is 0.327 e. The second-order valence-electron chi connectivity index (χ2n) is 3.25. The maximum Gasteiger partial charge on any atom is 0.327 e. The van der Waals surface area contributed by atoms with E-state index in [1.807, 2.05) is 24.3 Å². The first-order valence-electron chi connectivity index (χ1n) is 5.20. The third-order valence-electron chi connectivity index (χ3n) is 2.24. The van der Waals surface area contributed by atoms with Crippen LogP contribution < -0.4 is 10.1 Å². The predicted molar refractivity (Wildman–Crippen MR) is 61.4 cm³/mol. The van der Waals surface area contributed by atoms with Crippen molar-refractivity contribution >= 4 is 5.97 Å². The molecule has 1 unspecified atom stereocenters. The van der Waals surface area contributed by atoms with Crippen LogP contribution in [0.1, 0.15) is 18.5 Å². The van der Waals surface area contributed by atoms with Gasteiger partial charge in [0, 0.05) is 0 Å². The van der Waals surface area contributed by atoms with Gasteiger partial charge in [-0.2, -0.15) is 0 Å². The van der Waals surface area contributed by atoms with E-state index in [2.05, 4.69) is 5.32 Å². The Labute approximate surface area is 95.6 Å². The lowest BCUT2D eigenvalue weighted by molar-refractivity contribution is -0.145. The molecule has 0 saturated carbocycles. The number of carbonyl (C=O) groups excluding carboxylic acids is 1. The number of benzene rings is 1. The lowest BCUT2D eigenvalue weighted by atomic mass is 10.1. The Kier molecular flexibility index (Phi) is 4.79. The van der Waals surface area contributed by atoms with Crippen LogP contribution in [0.3, 0.4) is 0 Å². The summed E-state index contributed by atoms with van der Waals surface area (Å²) in [6, 6.07) is 6.91. The molecule has 0 bridgehead atoms. The first-order valence-corrected chi connectivity index (χ1v) is 5.20. The van der Waals surface area contributed by atoms with Gasteiger partial charge in [-0.15, -0.1) is 0 Å². The van der Waals surface area contributed by atoms with E-state index >= 15 is 0 Å². The molecular weight excluding hydrogens is 206 g/mol. The van der Waals surface area contributed by atoms with E-state index in [9.17, 15) is 4.79 Å². The summed E-state index contributed by atoms with van der Waals surface area (Å²) in [7, 11) is 3.32. The summed E-state index contributed by atoms with van der Waals surface area (Å²) in [5.74, 6) is 0.445. The van der Waals surface area contributed by atoms with Crippen molar-refractivity contribution in [2.75, 3.05) is 20.8 Å². The average molecular weight is 223 g/mol. The molecule has 0 amide bonds. The van der Waals surface area contributed by atoms with Gasteiger partial charge in [0.15, 0.2) is 0 Å². The highest BCUT2D eigenvalue weighted by atomic mass is 16.5. The van der Waals surface area contributed by atoms with Crippen molar-refractivity contribution in [1.29, 1.82) is 0 Å². The summed E-state index contributed by atoms with van der Waals surface area (Å²) in [5.41, 5.74) is 0.834. The van der Waals surface area contributed by atoms with Crippen molar-refractivity contribution in [2.45, 2.75) is 13.0 Å². The molecule has 1 aromatic carbocycles. The maximum atomic E-state index is 11.6. The van der Waals surface area contributed by atoms with Crippen molar-refractivity contribution in [3.05, 3.63) is 29.8 Å². The third-order valence-corrected chi connectivity index (χ3v) is 2.24. The summed E-state index contributed by atoms with van der Waals surface area (Å²) in [4.78, 5) is 11.6. The molecule has 0 saturated heterocycles. The normalized spacial score (nSPS) is 11.9. The molecule has 4 nitrogen and oxygen atoms in total. The SMILES string of the molecule is CCOC(=O)C(NC)c1cccc(OC)c1. The number of ether oxygens (including phenoxy) is 2. The topological polar surface area (TPSA) is 47.6 Å². The van der Waals surface area contributed by atoms with Gasteiger partial charge in [-0.25, -0.2) is 4.79 Å². The zero-order valence-electron chi connectivity index (χ0n) is 9.82. The molecule has 0 heterocycles. The molecule has 0 radical (unpaired) electrons. The van der Waals surface area contributed by atoms with Crippen molar-refractivity contribution in [2.24, 2.45) is 0 Å². The van der Waals surface area contributed by atoms with Gasteiger partial charge in [0.1, 0.15) is 11.8 Å². The van der Waals surface area contributed by atoms with E-state index in [-0.39, 0.29) is 5.97 Å². The minimum Gasteiger partial charge on any atom is -0.497 e. The number of hydrogen-bond donors (Lipinski definition) is 1. The number of hydrogen-bond acceptors (Lipinski definition) is 4. The molecule has 0 spiro atoms. The van der Waals surface area contributed by atoms with Crippen molar-refractivity contribution < 1.29 is 14.3 Å². The summed E-state index contributed by atoms with van der Waals surface area (Å²) in [6.07, 6.45) is 0. The zero-order valence-corrected chi connectivity index (χ0v) is 9.82.